The Hall–Kier alpha value is -1.49. The largest absolute Gasteiger partial charge is 0.462 e. The molecule has 0 saturated heterocycles. The number of anilines is 1. The minimum Gasteiger partial charge on any atom is -0.462 e. The van der Waals surface area contributed by atoms with E-state index in [2.05, 4.69) is 5.32 Å². The van der Waals surface area contributed by atoms with Crippen molar-refractivity contribution in [3.05, 3.63) is 23.8 Å². The molecule has 0 aliphatic carbocycles. The third-order valence-electron chi connectivity index (χ3n) is 2.42. The van der Waals surface area contributed by atoms with Gasteiger partial charge in [-0.05, 0) is 32.0 Å². The molecule has 4 nitrogen and oxygen atoms in total. The van der Waals surface area contributed by atoms with Crippen molar-refractivity contribution in [2.24, 2.45) is 0 Å². The number of rotatable bonds is 2. The summed E-state index contributed by atoms with van der Waals surface area (Å²) in [5.74, 6) is -0.341. The molecular formula is C12H13NO3S. The van der Waals surface area contributed by atoms with Crippen molar-refractivity contribution in [2.75, 3.05) is 11.9 Å². The van der Waals surface area contributed by atoms with Crippen LogP contribution in [0, 0.1) is 0 Å². The number of thioether (sulfide) groups is 1. The van der Waals surface area contributed by atoms with Crippen molar-refractivity contribution < 1.29 is 14.3 Å². The van der Waals surface area contributed by atoms with Gasteiger partial charge in [0.25, 0.3) is 0 Å². The molecule has 0 spiro atoms. The number of carbonyl (C=O) groups excluding carboxylic acids is 2. The molecule has 0 radical (unpaired) electrons. The molecule has 1 unspecified atom stereocenters. The molecule has 17 heavy (non-hydrogen) atoms. The fourth-order valence-electron chi connectivity index (χ4n) is 1.54. The van der Waals surface area contributed by atoms with E-state index in [0.29, 0.717) is 12.2 Å². The molecule has 1 atom stereocenters. The van der Waals surface area contributed by atoms with Gasteiger partial charge in [0.15, 0.2) is 0 Å². The summed E-state index contributed by atoms with van der Waals surface area (Å²) in [6.07, 6.45) is 0. The van der Waals surface area contributed by atoms with E-state index < -0.39 is 0 Å². The molecule has 1 aliphatic heterocycles. The van der Waals surface area contributed by atoms with Crippen molar-refractivity contribution in [1.82, 2.24) is 0 Å². The maximum atomic E-state index is 11.6. The number of benzene rings is 1. The van der Waals surface area contributed by atoms with Crippen molar-refractivity contribution in [3.8, 4) is 0 Å². The second kappa shape index (κ2) is 4.79. The fraction of sp³-hybridized carbons (Fsp3) is 0.333. The molecule has 0 bridgehead atoms. The van der Waals surface area contributed by atoms with E-state index in [1.165, 1.54) is 11.8 Å². The van der Waals surface area contributed by atoms with Crippen LogP contribution in [0.4, 0.5) is 5.69 Å². The first-order valence-electron chi connectivity index (χ1n) is 5.40. The van der Waals surface area contributed by atoms with E-state index in [1.54, 1.807) is 25.1 Å². The first kappa shape index (κ1) is 12.0. The summed E-state index contributed by atoms with van der Waals surface area (Å²) in [5, 5.41) is 2.66. The van der Waals surface area contributed by atoms with Gasteiger partial charge in [-0.15, -0.1) is 11.8 Å². The molecule has 0 aromatic heterocycles. The maximum absolute atomic E-state index is 11.6. The van der Waals surface area contributed by atoms with E-state index in [0.717, 1.165) is 10.6 Å². The van der Waals surface area contributed by atoms with E-state index in [1.807, 2.05) is 6.92 Å². The summed E-state index contributed by atoms with van der Waals surface area (Å²) in [4.78, 5) is 23.9. The average Bonchev–Trinajstić information content (AvgIpc) is 2.30. The van der Waals surface area contributed by atoms with Crippen LogP contribution in [-0.2, 0) is 9.53 Å². The summed E-state index contributed by atoms with van der Waals surface area (Å²) in [7, 11) is 0. The van der Waals surface area contributed by atoms with Crippen molar-refractivity contribution >= 4 is 29.3 Å². The molecule has 2 rings (SSSR count). The molecule has 5 heteroatoms. The zero-order valence-electron chi connectivity index (χ0n) is 9.65. The standard InChI is InChI=1S/C12H13NO3S/c1-3-16-12(15)8-4-5-9-10(6-8)17-7(2)11(14)13-9/h4-7H,3H2,1-2H3,(H,13,14). The average molecular weight is 251 g/mol. The van der Waals surface area contributed by atoms with Crippen LogP contribution in [-0.4, -0.2) is 23.7 Å². The van der Waals surface area contributed by atoms with Crippen molar-refractivity contribution in [3.63, 3.8) is 0 Å². The Balaban J connectivity index is 2.28. The van der Waals surface area contributed by atoms with Gasteiger partial charge in [0, 0.05) is 4.90 Å². The SMILES string of the molecule is CCOC(=O)c1ccc2c(c1)SC(C)C(=O)N2. The summed E-state index contributed by atoms with van der Waals surface area (Å²) < 4.78 is 4.93. The summed E-state index contributed by atoms with van der Waals surface area (Å²) in [6, 6.07) is 5.15. The fourth-order valence-corrected chi connectivity index (χ4v) is 2.53. The highest BCUT2D eigenvalue weighted by atomic mass is 32.2. The number of nitrogens with one attached hydrogen (secondary N) is 1. The summed E-state index contributed by atoms with van der Waals surface area (Å²) >= 11 is 1.45. The van der Waals surface area contributed by atoms with Crippen LogP contribution in [0.15, 0.2) is 23.1 Å². The smallest absolute Gasteiger partial charge is 0.338 e. The van der Waals surface area contributed by atoms with E-state index in [4.69, 9.17) is 4.74 Å². The van der Waals surface area contributed by atoms with E-state index >= 15 is 0 Å². The second-order valence-electron chi connectivity index (χ2n) is 3.68. The molecule has 0 saturated carbocycles. The normalized spacial score (nSPS) is 18.2. The van der Waals surface area contributed by atoms with Gasteiger partial charge in [-0.1, -0.05) is 0 Å². The topological polar surface area (TPSA) is 55.4 Å². The molecule has 0 fully saturated rings. The van der Waals surface area contributed by atoms with Gasteiger partial charge >= 0.3 is 5.97 Å². The maximum Gasteiger partial charge on any atom is 0.338 e. The first-order chi connectivity index (χ1) is 8.11. The van der Waals surface area contributed by atoms with Crippen LogP contribution in [0.5, 0.6) is 0 Å². The molecule has 1 aromatic rings. The lowest BCUT2D eigenvalue weighted by Gasteiger charge is -2.21. The summed E-state index contributed by atoms with van der Waals surface area (Å²) in [5.41, 5.74) is 1.27. The van der Waals surface area contributed by atoms with Crippen LogP contribution in [0.2, 0.25) is 0 Å². The van der Waals surface area contributed by atoms with Crippen LogP contribution < -0.4 is 5.32 Å². The number of hydrogen-bond donors (Lipinski definition) is 1. The Bertz CT molecular complexity index is 473. The highest BCUT2D eigenvalue weighted by Crippen LogP contribution is 2.36. The lowest BCUT2D eigenvalue weighted by molar-refractivity contribution is -0.115. The number of esters is 1. The summed E-state index contributed by atoms with van der Waals surface area (Å²) in [6.45, 7) is 3.96. The zero-order chi connectivity index (χ0) is 12.4. The predicted molar refractivity (Wildman–Crippen MR) is 66.3 cm³/mol. The van der Waals surface area contributed by atoms with Gasteiger partial charge in [-0.2, -0.15) is 0 Å². The molecular weight excluding hydrogens is 238 g/mol. The van der Waals surface area contributed by atoms with Gasteiger partial charge in [-0.25, -0.2) is 4.79 Å². The quantitative estimate of drug-likeness (QED) is 0.819. The van der Waals surface area contributed by atoms with Crippen molar-refractivity contribution in [1.29, 1.82) is 0 Å². The molecule has 1 aliphatic rings. The minimum atomic E-state index is -0.333. The Morgan fingerprint density at radius 3 is 3.00 bits per heavy atom. The number of amides is 1. The monoisotopic (exact) mass is 251 g/mol. The van der Waals surface area contributed by atoms with E-state index in [-0.39, 0.29) is 17.1 Å². The molecule has 1 heterocycles. The van der Waals surface area contributed by atoms with E-state index in [9.17, 15) is 9.59 Å². The first-order valence-corrected chi connectivity index (χ1v) is 6.28. The molecule has 1 amide bonds. The van der Waals surface area contributed by atoms with Crippen LogP contribution in [0.25, 0.3) is 0 Å². The van der Waals surface area contributed by atoms with Gasteiger partial charge in [0.2, 0.25) is 5.91 Å². The van der Waals surface area contributed by atoms with Gasteiger partial charge in [-0.3, -0.25) is 4.79 Å². The van der Waals surface area contributed by atoms with Gasteiger partial charge in [0.1, 0.15) is 0 Å². The number of ether oxygens (including phenoxy) is 1. The number of carbonyl (C=O) groups is 2. The van der Waals surface area contributed by atoms with Crippen LogP contribution in [0.3, 0.4) is 0 Å². The molecule has 90 valence electrons. The third kappa shape index (κ3) is 2.44. The Labute approximate surface area is 104 Å². The molecule has 1 N–H and O–H groups in total. The second-order valence-corrected chi connectivity index (χ2v) is 5.06. The highest BCUT2D eigenvalue weighted by Gasteiger charge is 2.23. The van der Waals surface area contributed by atoms with Gasteiger partial charge < -0.3 is 10.1 Å². The van der Waals surface area contributed by atoms with Gasteiger partial charge in [0.05, 0.1) is 23.1 Å². The lowest BCUT2D eigenvalue weighted by Crippen LogP contribution is -2.26. The number of fused-ring (bicyclic) bond motifs is 1. The predicted octanol–water partition coefficient (Wildman–Crippen LogP) is 2.30. The minimum absolute atomic E-state index is 0.00798. The lowest BCUT2D eigenvalue weighted by atomic mass is 10.2. The Kier molecular flexibility index (Phi) is 3.38. The molecule has 1 aromatic carbocycles. The highest BCUT2D eigenvalue weighted by molar-refractivity contribution is 8.00. The third-order valence-corrected chi connectivity index (χ3v) is 3.58. The Morgan fingerprint density at radius 1 is 1.53 bits per heavy atom. The number of hydrogen-bond acceptors (Lipinski definition) is 4. The zero-order valence-corrected chi connectivity index (χ0v) is 10.5. The Morgan fingerprint density at radius 2 is 2.29 bits per heavy atom. The van der Waals surface area contributed by atoms with Crippen molar-refractivity contribution in [2.45, 2.75) is 24.0 Å². The van der Waals surface area contributed by atoms with Crippen LogP contribution >= 0.6 is 11.8 Å². The van der Waals surface area contributed by atoms with Crippen LogP contribution in [0.1, 0.15) is 24.2 Å².